The minimum Gasteiger partial charge on any atom is -0.307 e. The van der Waals surface area contributed by atoms with E-state index >= 15 is 0 Å². The maximum Gasteiger partial charge on any atom is 0.261 e. The zero-order valence-electron chi connectivity index (χ0n) is 11.1. The molecule has 0 bridgehead atoms. The van der Waals surface area contributed by atoms with Crippen LogP contribution in [-0.2, 0) is 0 Å². The summed E-state index contributed by atoms with van der Waals surface area (Å²) in [5.74, 6) is -1.05. The summed E-state index contributed by atoms with van der Waals surface area (Å²) in [6, 6.07) is 15.1. The number of amides is 1. The lowest BCUT2D eigenvalue weighted by atomic mass is 10.1. The highest BCUT2D eigenvalue weighted by atomic mass is 79.9. The van der Waals surface area contributed by atoms with Crippen LogP contribution in [0.2, 0.25) is 0 Å². The highest BCUT2D eigenvalue weighted by Crippen LogP contribution is 2.21. The van der Waals surface area contributed by atoms with Gasteiger partial charge in [0.15, 0.2) is 0 Å². The zero-order chi connectivity index (χ0) is 15.2. The summed E-state index contributed by atoms with van der Waals surface area (Å²) in [5.41, 5.74) is 0.614. The van der Waals surface area contributed by atoms with Crippen LogP contribution in [0, 0.1) is 17.1 Å². The van der Waals surface area contributed by atoms with Crippen molar-refractivity contribution in [1.29, 1.82) is 5.26 Å². The first kappa shape index (κ1) is 15.2. The smallest absolute Gasteiger partial charge is 0.261 e. The maximum absolute atomic E-state index is 13.9. The average molecular weight is 347 g/mol. The molecule has 0 unspecified atom stereocenters. The van der Waals surface area contributed by atoms with Crippen LogP contribution in [0.15, 0.2) is 53.0 Å². The summed E-state index contributed by atoms with van der Waals surface area (Å²) in [5, 5.41) is 8.74. The number of anilines is 1. The molecule has 2 aromatic rings. The molecule has 0 atom stereocenters. The summed E-state index contributed by atoms with van der Waals surface area (Å²) < 4.78 is 14.5. The van der Waals surface area contributed by atoms with Crippen molar-refractivity contribution in [2.24, 2.45) is 0 Å². The fourth-order valence-corrected chi connectivity index (χ4v) is 2.29. The highest BCUT2D eigenvalue weighted by Gasteiger charge is 2.20. The Morgan fingerprint density at radius 1 is 1.24 bits per heavy atom. The monoisotopic (exact) mass is 346 g/mol. The Morgan fingerprint density at radius 3 is 2.62 bits per heavy atom. The Morgan fingerprint density at radius 2 is 1.95 bits per heavy atom. The molecule has 0 fully saturated rings. The van der Waals surface area contributed by atoms with E-state index in [0.717, 1.165) is 0 Å². The Bertz CT molecular complexity index is 682. The number of carbonyl (C=O) groups excluding carboxylic acids is 1. The van der Waals surface area contributed by atoms with Crippen molar-refractivity contribution in [1.82, 2.24) is 0 Å². The fraction of sp³-hybridized carbons (Fsp3) is 0.125. The van der Waals surface area contributed by atoms with Gasteiger partial charge in [0.05, 0.1) is 18.1 Å². The second-order valence-corrected chi connectivity index (χ2v) is 5.24. The lowest BCUT2D eigenvalue weighted by molar-refractivity contribution is 0.0983. The summed E-state index contributed by atoms with van der Waals surface area (Å²) >= 11 is 3.23. The van der Waals surface area contributed by atoms with E-state index in [9.17, 15) is 9.18 Å². The van der Waals surface area contributed by atoms with Gasteiger partial charge in [0.2, 0.25) is 0 Å². The Balaban J connectivity index is 2.39. The Kier molecular flexibility index (Phi) is 5.07. The molecule has 0 saturated carbocycles. The van der Waals surface area contributed by atoms with E-state index in [0.29, 0.717) is 10.2 Å². The number of hydrogen-bond donors (Lipinski definition) is 0. The molecule has 0 heterocycles. The van der Waals surface area contributed by atoms with Crippen LogP contribution in [0.1, 0.15) is 16.8 Å². The fourth-order valence-electron chi connectivity index (χ4n) is 1.92. The molecule has 5 heteroatoms. The quantitative estimate of drug-likeness (QED) is 0.834. The lowest BCUT2D eigenvalue weighted by Crippen LogP contribution is -2.32. The van der Waals surface area contributed by atoms with Crippen LogP contribution in [-0.4, -0.2) is 12.5 Å². The van der Waals surface area contributed by atoms with E-state index in [1.165, 1.54) is 23.1 Å². The molecule has 3 nitrogen and oxygen atoms in total. The van der Waals surface area contributed by atoms with Crippen molar-refractivity contribution >= 4 is 27.5 Å². The first-order valence-corrected chi connectivity index (χ1v) is 7.11. The molecule has 2 aromatic carbocycles. The topological polar surface area (TPSA) is 44.1 Å². The van der Waals surface area contributed by atoms with Crippen LogP contribution < -0.4 is 4.90 Å². The molecule has 21 heavy (non-hydrogen) atoms. The largest absolute Gasteiger partial charge is 0.307 e. The maximum atomic E-state index is 13.9. The van der Waals surface area contributed by atoms with Gasteiger partial charge < -0.3 is 4.90 Å². The van der Waals surface area contributed by atoms with Crippen LogP contribution in [0.4, 0.5) is 10.1 Å². The van der Waals surface area contributed by atoms with Gasteiger partial charge in [-0.2, -0.15) is 5.26 Å². The van der Waals surface area contributed by atoms with Gasteiger partial charge in [-0.3, -0.25) is 4.79 Å². The molecule has 0 aliphatic heterocycles. The van der Waals surface area contributed by atoms with Gasteiger partial charge in [-0.15, -0.1) is 0 Å². The minimum absolute atomic E-state index is 0.0221. The van der Waals surface area contributed by atoms with Gasteiger partial charge in [-0.05, 0) is 30.3 Å². The third kappa shape index (κ3) is 3.67. The molecule has 0 N–H and O–H groups in total. The first-order chi connectivity index (χ1) is 10.1. The van der Waals surface area contributed by atoms with E-state index in [-0.39, 0.29) is 18.5 Å². The molecule has 0 radical (unpaired) electrons. The molecular formula is C16H12BrFN2O. The van der Waals surface area contributed by atoms with E-state index in [4.69, 9.17) is 5.26 Å². The predicted molar refractivity (Wildman–Crippen MR) is 82.4 cm³/mol. The van der Waals surface area contributed by atoms with Crippen molar-refractivity contribution in [2.75, 3.05) is 11.4 Å². The van der Waals surface area contributed by atoms with Crippen LogP contribution in [0.5, 0.6) is 0 Å². The molecule has 106 valence electrons. The summed E-state index contributed by atoms with van der Waals surface area (Å²) in [4.78, 5) is 14.0. The number of para-hydroxylation sites is 1. The molecule has 0 saturated heterocycles. The number of hydrogen-bond acceptors (Lipinski definition) is 2. The van der Waals surface area contributed by atoms with Gasteiger partial charge in [0.1, 0.15) is 5.82 Å². The third-order valence-electron chi connectivity index (χ3n) is 2.92. The van der Waals surface area contributed by atoms with Gasteiger partial charge in [-0.1, -0.05) is 34.1 Å². The SMILES string of the molecule is N#CCCN(C(=O)c1cc(Br)ccc1F)c1ccccc1. The number of rotatable bonds is 4. The predicted octanol–water partition coefficient (Wildman–Crippen LogP) is 4.15. The van der Waals surface area contributed by atoms with E-state index in [2.05, 4.69) is 15.9 Å². The number of benzene rings is 2. The van der Waals surface area contributed by atoms with Gasteiger partial charge >= 0.3 is 0 Å². The van der Waals surface area contributed by atoms with Gasteiger partial charge in [0, 0.05) is 16.7 Å². The van der Waals surface area contributed by atoms with Crippen molar-refractivity contribution in [3.8, 4) is 6.07 Å². The van der Waals surface area contributed by atoms with Gasteiger partial charge in [-0.25, -0.2) is 4.39 Å². The molecule has 0 aliphatic carbocycles. The van der Waals surface area contributed by atoms with Crippen molar-refractivity contribution in [3.05, 3.63) is 64.4 Å². The third-order valence-corrected chi connectivity index (χ3v) is 3.41. The van der Waals surface area contributed by atoms with Gasteiger partial charge in [0.25, 0.3) is 5.91 Å². The average Bonchev–Trinajstić information content (AvgIpc) is 2.51. The standard InChI is InChI=1S/C16H12BrFN2O/c17-12-7-8-15(18)14(11-12)16(21)20(10-4-9-19)13-5-2-1-3-6-13/h1-3,5-8,11H,4,10H2. The molecule has 1 amide bonds. The zero-order valence-corrected chi connectivity index (χ0v) is 12.7. The number of nitriles is 1. The van der Waals surface area contributed by atoms with Crippen molar-refractivity contribution in [3.63, 3.8) is 0 Å². The minimum atomic E-state index is -0.582. The van der Waals surface area contributed by atoms with Crippen LogP contribution >= 0.6 is 15.9 Å². The molecule has 0 spiro atoms. The highest BCUT2D eigenvalue weighted by molar-refractivity contribution is 9.10. The van der Waals surface area contributed by atoms with E-state index in [1.54, 1.807) is 24.3 Å². The summed E-state index contributed by atoms with van der Waals surface area (Å²) in [6.07, 6.45) is 0.177. The second kappa shape index (κ2) is 7.00. The molecule has 0 aliphatic rings. The number of nitrogens with zero attached hydrogens (tertiary/aromatic N) is 2. The second-order valence-electron chi connectivity index (χ2n) is 4.32. The Hall–Kier alpha value is -2.19. The molecule has 0 aromatic heterocycles. The van der Waals surface area contributed by atoms with Crippen LogP contribution in [0.25, 0.3) is 0 Å². The Labute approximate surface area is 130 Å². The molecule has 2 rings (SSSR count). The summed E-state index contributed by atoms with van der Waals surface area (Å²) in [6.45, 7) is 0.214. The van der Waals surface area contributed by atoms with E-state index in [1.807, 2.05) is 12.1 Å². The van der Waals surface area contributed by atoms with Crippen LogP contribution in [0.3, 0.4) is 0 Å². The summed E-state index contributed by atoms with van der Waals surface area (Å²) in [7, 11) is 0. The first-order valence-electron chi connectivity index (χ1n) is 6.32. The number of carbonyl (C=O) groups is 1. The normalized spacial score (nSPS) is 9.95. The van der Waals surface area contributed by atoms with Crippen molar-refractivity contribution < 1.29 is 9.18 Å². The van der Waals surface area contributed by atoms with E-state index < -0.39 is 11.7 Å². The van der Waals surface area contributed by atoms with Crippen molar-refractivity contribution in [2.45, 2.75) is 6.42 Å². The number of halogens is 2. The molecular weight excluding hydrogens is 335 g/mol. The lowest BCUT2D eigenvalue weighted by Gasteiger charge is -2.22.